The molecule has 4 nitrogen and oxygen atoms in total. The maximum Gasteiger partial charge on any atom is 0.216 e. The van der Waals surface area contributed by atoms with Crippen LogP contribution in [-0.4, -0.2) is 41.9 Å². The molecule has 1 aromatic rings. The summed E-state index contributed by atoms with van der Waals surface area (Å²) in [6.07, 6.45) is 1.07. The van der Waals surface area contributed by atoms with E-state index in [9.17, 15) is 4.39 Å². The van der Waals surface area contributed by atoms with Gasteiger partial charge in [0.2, 0.25) is 5.95 Å². The number of hydrogen-bond donors (Lipinski definition) is 1. The Morgan fingerprint density at radius 3 is 2.65 bits per heavy atom. The first-order valence-corrected chi connectivity index (χ1v) is 6.13. The molecule has 0 aromatic carbocycles. The van der Waals surface area contributed by atoms with Crippen molar-refractivity contribution in [3.8, 4) is 0 Å². The van der Waals surface area contributed by atoms with Crippen molar-refractivity contribution in [3.63, 3.8) is 0 Å². The van der Waals surface area contributed by atoms with Gasteiger partial charge in [0.1, 0.15) is 0 Å². The van der Waals surface area contributed by atoms with Crippen molar-refractivity contribution in [2.75, 3.05) is 27.2 Å². The van der Waals surface area contributed by atoms with E-state index in [-0.39, 0.29) is 5.95 Å². The van der Waals surface area contributed by atoms with Crippen LogP contribution >= 0.6 is 0 Å². The van der Waals surface area contributed by atoms with Crippen LogP contribution in [0.3, 0.4) is 0 Å². The fourth-order valence-electron chi connectivity index (χ4n) is 1.73. The SMILES string of the molecule is CCn1nc(C)c(CNCCCN(C)C)c1F. The molecule has 0 amide bonds. The molecule has 0 unspecified atom stereocenters. The minimum atomic E-state index is -0.204. The van der Waals surface area contributed by atoms with E-state index >= 15 is 0 Å². The molecule has 0 spiro atoms. The Morgan fingerprint density at radius 1 is 1.41 bits per heavy atom. The third-order valence-electron chi connectivity index (χ3n) is 2.74. The Kier molecular flexibility index (Phi) is 5.58. The highest BCUT2D eigenvalue weighted by Crippen LogP contribution is 2.11. The van der Waals surface area contributed by atoms with Crippen LogP contribution < -0.4 is 5.32 Å². The molecule has 1 rings (SSSR count). The van der Waals surface area contributed by atoms with Crippen LogP contribution in [-0.2, 0) is 13.1 Å². The molecule has 0 fully saturated rings. The van der Waals surface area contributed by atoms with Gasteiger partial charge in [0, 0.05) is 18.7 Å². The van der Waals surface area contributed by atoms with Crippen molar-refractivity contribution >= 4 is 0 Å². The van der Waals surface area contributed by atoms with Crippen LogP contribution in [0, 0.1) is 12.9 Å². The lowest BCUT2D eigenvalue weighted by molar-refractivity contribution is 0.393. The third-order valence-corrected chi connectivity index (χ3v) is 2.74. The Labute approximate surface area is 103 Å². The van der Waals surface area contributed by atoms with Gasteiger partial charge in [0.05, 0.1) is 5.69 Å². The van der Waals surface area contributed by atoms with E-state index in [0.717, 1.165) is 25.2 Å². The molecule has 98 valence electrons. The van der Waals surface area contributed by atoms with Crippen molar-refractivity contribution in [2.24, 2.45) is 0 Å². The lowest BCUT2D eigenvalue weighted by atomic mass is 10.2. The number of nitrogens with one attached hydrogen (secondary N) is 1. The quantitative estimate of drug-likeness (QED) is 0.734. The van der Waals surface area contributed by atoms with Gasteiger partial charge in [0.25, 0.3) is 0 Å². The number of aryl methyl sites for hydroxylation is 2. The van der Waals surface area contributed by atoms with Crippen LogP contribution in [0.1, 0.15) is 24.6 Å². The normalized spacial score (nSPS) is 11.4. The Bertz CT molecular complexity index is 347. The fourth-order valence-corrected chi connectivity index (χ4v) is 1.73. The number of rotatable bonds is 7. The molecule has 5 heteroatoms. The van der Waals surface area contributed by atoms with Crippen molar-refractivity contribution in [1.29, 1.82) is 0 Å². The molecule has 0 bridgehead atoms. The lowest BCUT2D eigenvalue weighted by Gasteiger charge is -2.09. The minimum Gasteiger partial charge on any atom is -0.312 e. The van der Waals surface area contributed by atoms with Crippen LogP contribution in [0.5, 0.6) is 0 Å². The largest absolute Gasteiger partial charge is 0.312 e. The predicted molar refractivity (Wildman–Crippen MR) is 67.5 cm³/mol. The Balaban J connectivity index is 2.39. The van der Waals surface area contributed by atoms with Gasteiger partial charge in [-0.1, -0.05) is 0 Å². The van der Waals surface area contributed by atoms with Gasteiger partial charge in [-0.2, -0.15) is 9.49 Å². The maximum atomic E-state index is 13.8. The Morgan fingerprint density at radius 2 is 2.12 bits per heavy atom. The highest BCUT2D eigenvalue weighted by atomic mass is 19.1. The van der Waals surface area contributed by atoms with Crippen LogP contribution in [0.4, 0.5) is 4.39 Å². The first kappa shape index (κ1) is 14.1. The molecule has 17 heavy (non-hydrogen) atoms. The zero-order valence-electron chi connectivity index (χ0n) is 11.3. The van der Waals surface area contributed by atoms with E-state index in [1.165, 1.54) is 4.68 Å². The molecule has 0 saturated carbocycles. The molecule has 0 radical (unpaired) electrons. The first-order valence-electron chi connectivity index (χ1n) is 6.13. The summed E-state index contributed by atoms with van der Waals surface area (Å²) >= 11 is 0. The van der Waals surface area contributed by atoms with E-state index in [1.54, 1.807) is 0 Å². The molecule has 1 aromatic heterocycles. The van der Waals surface area contributed by atoms with Gasteiger partial charge >= 0.3 is 0 Å². The fraction of sp³-hybridized carbons (Fsp3) is 0.750. The van der Waals surface area contributed by atoms with E-state index < -0.39 is 0 Å². The lowest BCUT2D eigenvalue weighted by Crippen LogP contribution is -2.21. The molecule has 0 saturated heterocycles. The topological polar surface area (TPSA) is 33.1 Å². The molecule has 0 atom stereocenters. The summed E-state index contributed by atoms with van der Waals surface area (Å²) in [7, 11) is 4.10. The molecule has 0 aliphatic rings. The second kappa shape index (κ2) is 6.71. The molecule has 0 aliphatic heterocycles. The van der Waals surface area contributed by atoms with Gasteiger partial charge in [-0.05, 0) is 47.5 Å². The second-order valence-corrected chi connectivity index (χ2v) is 4.50. The number of hydrogen-bond acceptors (Lipinski definition) is 3. The molecular weight excluding hydrogens is 219 g/mol. The van der Waals surface area contributed by atoms with E-state index in [1.807, 2.05) is 13.8 Å². The van der Waals surface area contributed by atoms with Gasteiger partial charge in [0.15, 0.2) is 0 Å². The molecular formula is C12H23FN4. The van der Waals surface area contributed by atoms with Crippen LogP contribution in [0.15, 0.2) is 0 Å². The smallest absolute Gasteiger partial charge is 0.216 e. The van der Waals surface area contributed by atoms with E-state index in [2.05, 4.69) is 29.4 Å². The second-order valence-electron chi connectivity index (χ2n) is 4.50. The highest BCUT2D eigenvalue weighted by molar-refractivity contribution is 5.17. The average molecular weight is 242 g/mol. The summed E-state index contributed by atoms with van der Waals surface area (Å²) in [5.41, 5.74) is 1.47. The van der Waals surface area contributed by atoms with Gasteiger partial charge in [-0.15, -0.1) is 0 Å². The number of halogens is 1. The number of nitrogens with zero attached hydrogens (tertiary/aromatic N) is 3. The standard InChI is InChI=1S/C12H23FN4/c1-5-17-12(13)11(10(2)15-17)9-14-7-6-8-16(3)4/h14H,5-9H2,1-4H3. The Hall–Kier alpha value is -0.940. The summed E-state index contributed by atoms with van der Waals surface area (Å²) in [5, 5.41) is 7.41. The molecule has 1 N–H and O–H groups in total. The van der Waals surface area contributed by atoms with Crippen molar-refractivity contribution in [1.82, 2.24) is 20.0 Å². The average Bonchev–Trinajstić information content (AvgIpc) is 2.54. The number of aromatic nitrogens is 2. The van der Waals surface area contributed by atoms with Crippen LogP contribution in [0.25, 0.3) is 0 Å². The van der Waals surface area contributed by atoms with Crippen molar-refractivity contribution in [3.05, 3.63) is 17.2 Å². The molecule has 1 heterocycles. The molecule has 0 aliphatic carbocycles. The van der Waals surface area contributed by atoms with E-state index in [0.29, 0.717) is 18.7 Å². The van der Waals surface area contributed by atoms with Crippen LogP contribution in [0.2, 0.25) is 0 Å². The zero-order chi connectivity index (χ0) is 12.8. The van der Waals surface area contributed by atoms with Gasteiger partial charge in [-0.3, -0.25) is 0 Å². The van der Waals surface area contributed by atoms with Gasteiger partial charge < -0.3 is 10.2 Å². The summed E-state index contributed by atoms with van der Waals surface area (Å²) in [4.78, 5) is 2.14. The van der Waals surface area contributed by atoms with Crippen molar-refractivity contribution < 1.29 is 4.39 Å². The van der Waals surface area contributed by atoms with Gasteiger partial charge in [-0.25, -0.2) is 4.68 Å². The monoisotopic (exact) mass is 242 g/mol. The predicted octanol–water partition coefficient (Wildman–Crippen LogP) is 1.39. The summed E-state index contributed by atoms with van der Waals surface area (Å²) in [6, 6.07) is 0. The zero-order valence-corrected chi connectivity index (χ0v) is 11.3. The van der Waals surface area contributed by atoms with Crippen molar-refractivity contribution in [2.45, 2.75) is 33.4 Å². The maximum absolute atomic E-state index is 13.8. The highest BCUT2D eigenvalue weighted by Gasteiger charge is 2.12. The summed E-state index contributed by atoms with van der Waals surface area (Å²) < 4.78 is 15.2. The van der Waals surface area contributed by atoms with E-state index in [4.69, 9.17) is 0 Å². The summed E-state index contributed by atoms with van der Waals surface area (Å²) in [5.74, 6) is -0.204. The third kappa shape index (κ3) is 4.09. The summed E-state index contributed by atoms with van der Waals surface area (Å²) in [6.45, 7) is 6.82. The minimum absolute atomic E-state index is 0.204. The first-order chi connectivity index (χ1) is 8.06.